The van der Waals surface area contributed by atoms with E-state index >= 15 is 0 Å². The summed E-state index contributed by atoms with van der Waals surface area (Å²) in [6.45, 7) is 0. The summed E-state index contributed by atoms with van der Waals surface area (Å²) in [6.07, 6.45) is 5.91. The highest BCUT2D eigenvalue weighted by atomic mass is 16.5. The van der Waals surface area contributed by atoms with Gasteiger partial charge in [0.1, 0.15) is 17.3 Å². The van der Waals surface area contributed by atoms with E-state index < -0.39 is 0 Å². The number of ether oxygens (including phenoxy) is 1. The molecule has 7 nitrogen and oxygen atoms in total. The van der Waals surface area contributed by atoms with Crippen molar-refractivity contribution >= 4 is 17.2 Å². The Morgan fingerprint density at radius 3 is 2.48 bits per heavy atom. The van der Waals surface area contributed by atoms with E-state index in [0.29, 0.717) is 23.1 Å². The predicted molar refractivity (Wildman–Crippen MR) is 123 cm³/mol. The number of hydrogen-bond donors (Lipinski definition) is 3. The molecule has 158 valence electrons. The summed E-state index contributed by atoms with van der Waals surface area (Å²) >= 11 is 0. The van der Waals surface area contributed by atoms with Gasteiger partial charge in [0.05, 0.1) is 17.6 Å². The van der Waals surface area contributed by atoms with Gasteiger partial charge in [-0.3, -0.25) is 0 Å². The Hall–Kier alpha value is -3.58. The van der Waals surface area contributed by atoms with E-state index in [1.165, 1.54) is 0 Å². The second-order valence-electron chi connectivity index (χ2n) is 8.16. The number of fused-ring (bicyclic) bond motifs is 1. The first-order valence-electron chi connectivity index (χ1n) is 10.6. The molecule has 6 N–H and O–H groups in total. The second kappa shape index (κ2) is 7.92. The lowest BCUT2D eigenvalue weighted by molar-refractivity contribution is 0.384. The molecule has 5 rings (SSSR count). The molecule has 0 unspecified atom stereocenters. The fourth-order valence-corrected chi connectivity index (χ4v) is 4.45. The number of imidazole rings is 1. The zero-order valence-electron chi connectivity index (χ0n) is 17.2. The van der Waals surface area contributed by atoms with Gasteiger partial charge in [0, 0.05) is 23.2 Å². The first-order chi connectivity index (χ1) is 15.1. The minimum Gasteiger partial charge on any atom is -0.457 e. The molecule has 0 saturated heterocycles. The average Bonchev–Trinajstić information content (AvgIpc) is 3.19. The molecular weight excluding hydrogens is 388 g/mol. The first kappa shape index (κ1) is 19.4. The second-order valence-corrected chi connectivity index (χ2v) is 8.16. The molecule has 0 radical (unpaired) electrons. The summed E-state index contributed by atoms with van der Waals surface area (Å²) in [6, 6.07) is 17.9. The number of nitrogens with zero attached hydrogens (tertiary/aromatic N) is 3. The van der Waals surface area contributed by atoms with Crippen LogP contribution in [0.15, 0.2) is 60.8 Å². The highest BCUT2D eigenvalue weighted by molar-refractivity contribution is 5.75. The largest absolute Gasteiger partial charge is 0.457 e. The Balaban J connectivity index is 1.64. The van der Waals surface area contributed by atoms with Crippen molar-refractivity contribution in [1.29, 1.82) is 0 Å². The normalized spacial score (nSPS) is 18.9. The number of anilines is 2. The highest BCUT2D eigenvalue weighted by Gasteiger charge is 2.27. The lowest BCUT2D eigenvalue weighted by Gasteiger charge is -2.29. The van der Waals surface area contributed by atoms with Crippen LogP contribution in [0.1, 0.15) is 37.2 Å². The number of nitrogens with two attached hydrogens (primary N) is 3. The van der Waals surface area contributed by atoms with E-state index in [2.05, 4.69) is 11.2 Å². The number of nitrogen functional groups attached to an aromatic ring is 2. The summed E-state index contributed by atoms with van der Waals surface area (Å²) < 4.78 is 7.99. The van der Waals surface area contributed by atoms with Crippen LogP contribution < -0.4 is 21.9 Å². The van der Waals surface area contributed by atoms with Gasteiger partial charge in [0.25, 0.3) is 0 Å². The van der Waals surface area contributed by atoms with E-state index in [-0.39, 0.29) is 6.04 Å². The molecule has 4 aromatic rings. The van der Waals surface area contributed by atoms with Crippen molar-refractivity contribution in [3.8, 4) is 22.8 Å². The maximum Gasteiger partial charge on any atom is 0.177 e. The van der Waals surface area contributed by atoms with Gasteiger partial charge in [-0.2, -0.15) is 0 Å². The topological polar surface area (TPSA) is 117 Å². The molecular formula is C24H26N6O. The quantitative estimate of drug-likeness (QED) is 0.457. The van der Waals surface area contributed by atoms with Gasteiger partial charge >= 0.3 is 0 Å². The minimum absolute atomic E-state index is 0.268. The first-order valence-corrected chi connectivity index (χ1v) is 10.6. The smallest absolute Gasteiger partial charge is 0.177 e. The molecule has 2 heterocycles. The molecule has 0 bridgehead atoms. The molecule has 1 aliphatic rings. The Bertz CT molecular complexity index is 1210. The molecule has 2 aromatic heterocycles. The van der Waals surface area contributed by atoms with Crippen LogP contribution in [0.5, 0.6) is 11.5 Å². The predicted octanol–water partition coefficient (Wildman–Crippen LogP) is 4.34. The van der Waals surface area contributed by atoms with Crippen LogP contribution in [-0.4, -0.2) is 20.6 Å². The lowest BCUT2D eigenvalue weighted by atomic mass is 9.79. The minimum atomic E-state index is 0.268. The van der Waals surface area contributed by atoms with Crippen LogP contribution in [0.2, 0.25) is 0 Å². The number of benzene rings is 2. The number of rotatable bonds is 4. The van der Waals surface area contributed by atoms with Crippen molar-refractivity contribution in [2.45, 2.75) is 37.6 Å². The molecule has 31 heavy (non-hydrogen) atoms. The SMILES string of the molecule is Nc1cc(N)c2nc(-c3cccc(Oc4ccccc4)c3[C@H]3CC[C@H](N)CC3)cn2n1. The summed E-state index contributed by atoms with van der Waals surface area (Å²) in [7, 11) is 0. The Kier molecular flexibility index (Phi) is 4.95. The van der Waals surface area contributed by atoms with Gasteiger partial charge in [0.15, 0.2) is 5.65 Å². The van der Waals surface area contributed by atoms with Crippen LogP contribution in [0.4, 0.5) is 11.5 Å². The fraction of sp³-hybridized carbons (Fsp3) is 0.250. The van der Waals surface area contributed by atoms with E-state index in [9.17, 15) is 0 Å². The van der Waals surface area contributed by atoms with E-state index in [1.54, 1.807) is 10.6 Å². The van der Waals surface area contributed by atoms with Crippen molar-refractivity contribution < 1.29 is 4.74 Å². The fourth-order valence-electron chi connectivity index (χ4n) is 4.45. The van der Waals surface area contributed by atoms with Crippen LogP contribution >= 0.6 is 0 Å². The molecule has 7 heteroatoms. The third-order valence-electron chi connectivity index (χ3n) is 5.97. The van der Waals surface area contributed by atoms with Gasteiger partial charge in [-0.05, 0) is 49.8 Å². The van der Waals surface area contributed by atoms with Crippen molar-refractivity contribution in [2.24, 2.45) is 5.73 Å². The molecule has 2 aromatic carbocycles. The number of aromatic nitrogens is 3. The van der Waals surface area contributed by atoms with E-state index in [1.807, 2.05) is 48.7 Å². The van der Waals surface area contributed by atoms with Gasteiger partial charge in [-0.1, -0.05) is 30.3 Å². The summed E-state index contributed by atoms with van der Waals surface area (Å²) in [4.78, 5) is 4.78. The summed E-state index contributed by atoms with van der Waals surface area (Å²) in [5, 5.41) is 4.33. The molecule has 0 spiro atoms. The molecule has 1 saturated carbocycles. The Labute approximate surface area is 180 Å². The molecule has 0 amide bonds. The standard InChI is InChI=1S/C24H26N6O/c25-16-11-9-15(10-12-16)23-18(7-4-8-21(23)31-17-5-2-1-3-6-17)20-14-30-24(28-20)19(26)13-22(27)29-30/h1-8,13-16H,9-12,25-26H2,(H2,27,29)/t15-,16-. The summed E-state index contributed by atoms with van der Waals surface area (Å²) in [5.74, 6) is 2.36. The maximum atomic E-state index is 6.34. The van der Waals surface area contributed by atoms with Crippen LogP contribution in [0.25, 0.3) is 16.9 Å². The summed E-state index contributed by atoms with van der Waals surface area (Å²) in [5.41, 5.74) is 22.3. The lowest BCUT2D eigenvalue weighted by Crippen LogP contribution is -2.26. The molecule has 1 aliphatic carbocycles. The molecule has 1 fully saturated rings. The van der Waals surface area contributed by atoms with Crippen LogP contribution in [-0.2, 0) is 0 Å². The average molecular weight is 415 g/mol. The number of para-hydroxylation sites is 1. The highest BCUT2D eigenvalue weighted by Crippen LogP contribution is 2.44. The maximum absolute atomic E-state index is 6.34. The van der Waals surface area contributed by atoms with E-state index in [4.69, 9.17) is 26.9 Å². The van der Waals surface area contributed by atoms with Crippen molar-refractivity contribution in [1.82, 2.24) is 14.6 Å². The van der Waals surface area contributed by atoms with Crippen molar-refractivity contribution in [3.63, 3.8) is 0 Å². The van der Waals surface area contributed by atoms with Gasteiger partial charge in [0.2, 0.25) is 0 Å². The zero-order valence-corrected chi connectivity index (χ0v) is 17.2. The van der Waals surface area contributed by atoms with Gasteiger partial charge in [-0.15, -0.1) is 5.10 Å². The van der Waals surface area contributed by atoms with Crippen LogP contribution in [0, 0.1) is 0 Å². The van der Waals surface area contributed by atoms with E-state index in [0.717, 1.165) is 54.0 Å². The van der Waals surface area contributed by atoms with Crippen LogP contribution in [0.3, 0.4) is 0 Å². The Morgan fingerprint density at radius 1 is 0.935 bits per heavy atom. The Morgan fingerprint density at radius 2 is 1.71 bits per heavy atom. The third kappa shape index (κ3) is 3.80. The zero-order chi connectivity index (χ0) is 21.4. The van der Waals surface area contributed by atoms with Gasteiger partial charge < -0.3 is 21.9 Å². The third-order valence-corrected chi connectivity index (χ3v) is 5.97. The van der Waals surface area contributed by atoms with Crippen molar-refractivity contribution in [2.75, 3.05) is 11.5 Å². The molecule has 0 aliphatic heterocycles. The van der Waals surface area contributed by atoms with Gasteiger partial charge in [-0.25, -0.2) is 9.50 Å². The van der Waals surface area contributed by atoms with Crippen molar-refractivity contribution in [3.05, 3.63) is 66.4 Å². The monoisotopic (exact) mass is 414 g/mol. The molecule has 0 atom stereocenters. The number of hydrogen-bond acceptors (Lipinski definition) is 6.